The van der Waals surface area contributed by atoms with Gasteiger partial charge in [0.1, 0.15) is 0 Å². The predicted molar refractivity (Wildman–Crippen MR) is 76.8 cm³/mol. The van der Waals surface area contributed by atoms with Gasteiger partial charge >= 0.3 is 6.18 Å². The number of pyridine rings is 1. The van der Waals surface area contributed by atoms with Crippen LogP contribution >= 0.6 is 11.6 Å². The lowest BCUT2D eigenvalue weighted by atomic mass is 10.1. The van der Waals surface area contributed by atoms with Crippen LogP contribution in [0.5, 0.6) is 0 Å². The number of halogens is 4. The number of rotatable bonds is 3. The lowest BCUT2D eigenvalue weighted by Crippen LogP contribution is -2.07. The molecule has 114 valence electrons. The average molecular weight is 327 g/mol. The van der Waals surface area contributed by atoms with Gasteiger partial charge in [-0.2, -0.15) is 13.2 Å². The quantitative estimate of drug-likeness (QED) is 0.790. The molecule has 0 amide bonds. The van der Waals surface area contributed by atoms with Gasteiger partial charge in [-0.15, -0.1) is 10.2 Å². The van der Waals surface area contributed by atoms with Crippen LogP contribution in [0.1, 0.15) is 11.1 Å². The van der Waals surface area contributed by atoms with Crippen LogP contribution in [0.3, 0.4) is 0 Å². The van der Waals surface area contributed by atoms with Crippen molar-refractivity contribution in [2.24, 2.45) is 0 Å². The summed E-state index contributed by atoms with van der Waals surface area (Å²) in [6.45, 7) is 0.192. The van der Waals surface area contributed by atoms with E-state index < -0.39 is 11.7 Å². The van der Waals surface area contributed by atoms with E-state index in [0.29, 0.717) is 22.2 Å². The molecule has 0 aliphatic carbocycles. The number of anilines is 1. The van der Waals surface area contributed by atoms with E-state index in [4.69, 9.17) is 11.6 Å². The van der Waals surface area contributed by atoms with E-state index in [0.717, 1.165) is 12.1 Å². The SMILES string of the molecule is FC(F)(F)c1cccc(CNc2nnc3ccc(Cl)cn23)c1. The molecule has 8 heteroatoms. The first-order valence-electron chi connectivity index (χ1n) is 6.34. The third kappa shape index (κ3) is 2.99. The molecule has 2 heterocycles. The molecule has 3 rings (SSSR count). The summed E-state index contributed by atoms with van der Waals surface area (Å²) in [6, 6.07) is 8.50. The molecule has 2 aromatic heterocycles. The van der Waals surface area contributed by atoms with Gasteiger partial charge in [0.05, 0.1) is 10.6 Å². The fraction of sp³-hybridized carbons (Fsp3) is 0.143. The molecule has 0 aliphatic heterocycles. The minimum atomic E-state index is -4.36. The lowest BCUT2D eigenvalue weighted by molar-refractivity contribution is -0.137. The minimum absolute atomic E-state index is 0.192. The molecule has 0 aliphatic rings. The van der Waals surface area contributed by atoms with E-state index in [2.05, 4.69) is 15.5 Å². The van der Waals surface area contributed by atoms with Crippen LogP contribution in [-0.4, -0.2) is 14.6 Å². The maximum Gasteiger partial charge on any atom is 0.416 e. The molecule has 4 nitrogen and oxygen atoms in total. The van der Waals surface area contributed by atoms with Crippen molar-refractivity contribution in [3.63, 3.8) is 0 Å². The molecule has 0 spiro atoms. The topological polar surface area (TPSA) is 42.2 Å². The molecule has 0 unspecified atom stereocenters. The second-order valence-corrected chi connectivity index (χ2v) is 5.09. The Labute approximate surface area is 128 Å². The highest BCUT2D eigenvalue weighted by atomic mass is 35.5. The Balaban J connectivity index is 1.81. The number of aromatic nitrogens is 3. The Morgan fingerprint density at radius 3 is 2.73 bits per heavy atom. The van der Waals surface area contributed by atoms with Crippen LogP contribution in [0.25, 0.3) is 5.65 Å². The lowest BCUT2D eigenvalue weighted by Gasteiger charge is -2.09. The fourth-order valence-corrected chi connectivity index (χ4v) is 2.18. The summed E-state index contributed by atoms with van der Waals surface area (Å²) in [5.41, 5.74) is 0.408. The number of alkyl halides is 3. The van der Waals surface area contributed by atoms with Gasteiger partial charge in [0.2, 0.25) is 5.95 Å². The molecular formula is C14H10ClF3N4. The average Bonchev–Trinajstić information content (AvgIpc) is 2.87. The van der Waals surface area contributed by atoms with E-state index in [1.54, 1.807) is 28.8 Å². The van der Waals surface area contributed by atoms with Crippen LogP contribution in [0, 0.1) is 0 Å². The molecule has 0 fully saturated rings. The monoisotopic (exact) mass is 326 g/mol. The van der Waals surface area contributed by atoms with E-state index in [9.17, 15) is 13.2 Å². The Morgan fingerprint density at radius 1 is 1.14 bits per heavy atom. The zero-order valence-electron chi connectivity index (χ0n) is 11.1. The third-order valence-corrected chi connectivity index (χ3v) is 3.29. The molecule has 0 saturated heterocycles. The maximum atomic E-state index is 12.7. The van der Waals surface area contributed by atoms with Crippen LogP contribution < -0.4 is 5.32 Å². The summed E-state index contributed by atoms with van der Waals surface area (Å²) >= 11 is 5.91. The highest BCUT2D eigenvalue weighted by Crippen LogP contribution is 2.29. The van der Waals surface area contributed by atoms with Crippen molar-refractivity contribution < 1.29 is 13.2 Å². The highest BCUT2D eigenvalue weighted by Gasteiger charge is 2.30. The molecule has 3 aromatic rings. The Morgan fingerprint density at radius 2 is 1.95 bits per heavy atom. The number of benzene rings is 1. The van der Waals surface area contributed by atoms with Crippen LogP contribution in [-0.2, 0) is 12.7 Å². The number of nitrogens with zero attached hydrogens (tertiary/aromatic N) is 3. The summed E-state index contributed by atoms with van der Waals surface area (Å²) in [5, 5.41) is 11.3. The maximum absolute atomic E-state index is 12.7. The van der Waals surface area contributed by atoms with E-state index in [1.165, 1.54) is 6.07 Å². The largest absolute Gasteiger partial charge is 0.416 e. The van der Waals surface area contributed by atoms with Crippen LogP contribution in [0.4, 0.5) is 19.1 Å². The standard InChI is InChI=1S/C14H10ClF3N4/c15-11-4-5-12-20-21-13(22(12)8-11)19-7-9-2-1-3-10(6-9)14(16,17)18/h1-6,8H,7H2,(H,19,21). The van der Waals surface area contributed by atoms with Crippen molar-refractivity contribution in [3.8, 4) is 0 Å². The Kier molecular flexibility index (Phi) is 3.66. The molecule has 0 atom stereocenters. The van der Waals surface area contributed by atoms with Gasteiger partial charge in [-0.1, -0.05) is 23.7 Å². The summed E-state index contributed by atoms with van der Waals surface area (Å²) in [5.74, 6) is 0.412. The normalized spacial score (nSPS) is 11.8. The fourth-order valence-electron chi connectivity index (χ4n) is 2.02. The van der Waals surface area contributed by atoms with Gasteiger partial charge < -0.3 is 5.32 Å². The number of hydrogen-bond acceptors (Lipinski definition) is 3. The molecule has 22 heavy (non-hydrogen) atoms. The summed E-state index contributed by atoms with van der Waals surface area (Å²) < 4.78 is 39.7. The first-order chi connectivity index (χ1) is 10.4. The number of hydrogen-bond donors (Lipinski definition) is 1. The Bertz CT molecular complexity index is 813. The molecule has 0 saturated carbocycles. The van der Waals surface area contributed by atoms with Crippen LogP contribution in [0.2, 0.25) is 5.02 Å². The Hall–Kier alpha value is -2.28. The molecular weight excluding hydrogens is 317 g/mol. The van der Waals surface area contributed by atoms with Crippen LogP contribution in [0.15, 0.2) is 42.6 Å². The molecule has 1 aromatic carbocycles. The molecule has 1 N–H and O–H groups in total. The first-order valence-corrected chi connectivity index (χ1v) is 6.71. The summed E-state index contributed by atoms with van der Waals surface area (Å²) in [4.78, 5) is 0. The predicted octanol–water partition coefficient (Wildman–Crippen LogP) is 4.01. The van der Waals surface area contributed by atoms with E-state index >= 15 is 0 Å². The summed E-state index contributed by atoms with van der Waals surface area (Å²) in [6.07, 6.45) is -2.73. The van der Waals surface area contributed by atoms with Gasteiger partial charge in [0.15, 0.2) is 5.65 Å². The van der Waals surface area contributed by atoms with Gasteiger partial charge in [-0.3, -0.25) is 4.40 Å². The van der Waals surface area contributed by atoms with Crippen molar-refractivity contribution in [1.82, 2.24) is 14.6 Å². The number of nitrogens with one attached hydrogen (secondary N) is 1. The van der Waals surface area contributed by atoms with Crippen molar-refractivity contribution in [1.29, 1.82) is 0 Å². The van der Waals surface area contributed by atoms with E-state index in [1.807, 2.05) is 0 Å². The van der Waals surface area contributed by atoms with Crippen molar-refractivity contribution >= 4 is 23.2 Å². The smallest absolute Gasteiger partial charge is 0.350 e. The van der Waals surface area contributed by atoms with Gasteiger partial charge in [0, 0.05) is 12.7 Å². The highest BCUT2D eigenvalue weighted by molar-refractivity contribution is 6.30. The second kappa shape index (κ2) is 5.49. The van der Waals surface area contributed by atoms with Crippen molar-refractivity contribution in [2.75, 3.05) is 5.32 Å². The first kappa shape index (κ1) is 14.6. The second-order valence-electron chi connectivity index (χ2n) is 4.65. The van der Waals surface area contributed by atoms with E-state index in [-0.39, 0.29) is 6.54 Å². The van der Waals surface area contributed by atoms with Gasteiger partial charge in [-0.05, 0) is 29.8 Å². The summed E-state index contributed by atoms with van der Waals surface area (Å²) in [7, 11) is 0. The third-order valence-electron chi connectivity index (χ3n) is 3.07. The van der Waals surface area contributed by atoms with Crippen molar-refractivity contribution in [2.45, 2.75) is 12.7 Å². The molecule has 0 radical (unpaired) electrons. The molecule has 0 bridgehead atoms. The zero-order valence-corrected chi connectivity index (χ0v) is 11.9. The minimum Gasteiger partial charge on any atom is -0.350 e. The van der Waals surface area contributed by atoms with Gasteiger partial charge in [0.25, 0.3) is 0 Å². The number of fused-ring (bicyclic) bond motifs is 1. The van der Waals surface area contributed by atoms with Gasteiger partial charge in [-0.25, -0.2) is 0 Å². The zero-order chi connectivity index (χ0) is 15.7. The van der Waals surface area contributed by atoms with Crippen molar-refractivity contribution in [3.05, 3.63) is 58.7 Å².